The first-order chi connectivity index (χ1) is 9.75. The zero-order chi connectivity index (χ0) is 13.9. The average molecular weight is 309 g/mol. The summed E-state index contributed by atoms with van der Waals surface area (Å²) in [7, 11) is 0. The van der Waals surface area contributed by atoms with Crippen LogP contribution in [0.1, 0.15) is 55.3 Å². The molecule has 2 aliphatic rings. The smallest absolute Gasteiger partial charge is 0.254 e. The van der Waals surface area contributed by atoms with E-state index >= 15 is 0 Å². The Morgan fingerprint density at radius 3 is 2.57 bits per heavy atom. The molecule has 2 fully saturated rings. The minimum Gasteiger partial charge on any atom is -0.399 e. The van der Waals surface area contributed by atoms with Gasteiger partial charge in [0.2, 0.25) is 0 Å². The number of carbonyl (C=O) groups excluding carboxylic acids is 1. The number of nitrogens with zero attached hydrogens (tertiary/aromatic N) is 1. The quantitative estimate of drug-likeness (QED) is 0.843. The van der Waals surface area contributed by atoms with Crippen molar-refractivity contribution in [2.45, 2.75) is 51.0 Å². The van der Waals surface area contributed by atoms with E-state index in [2.05, 4.69) is 4.90 Å². The molecule has 116 valence electrons. The highest BCUT2D eigenvalue weighted by atomic mass is 35.5. The fourth-order valence-corrected chi connectivity index (χ4v) is 3.89. The number of nitrogen functional groups attached to an aromatic ring is 1. The van der Waals surface area contributed by atoms with Crippen LogP contribution in [0, 0.1) is 5.92 Å². The van der Waals surface area contributed by atoms with Gasteiger partial charge in [0.1, 0.15) is 0 Å². The van der Waals surface area contributed by atoms with E-state index in [1.54, 1.807) is 6.07 Å². The normalized spacial score (nSPS) is 22.9. The first kappa shape index (κ1) is 16.2. The largest absolute Gasteiger partial charge is 0.399 e. The molecule has 1 aromatic carbocycles. The van der Waals surface area contributed by atoms with Gasteiger partial charge in [-0.2, -0.15) is 0 Å². The molecule has 0 bridgehead atoms. The number of hydrogen-bond acceptors (Lipinski definition) is 2. The molecule has 3 rings (SSSR count). The Morgan fingerprint density at radius 1 is 1.10 bits per heavy atom. The highest BCUT2D eigenvalue weighted by molar-refractivity contribution is 5.95. The summed E-state index contributed by atoms with van der Waals surface area (Å²) in [6.07, 6.45) is 8.96. The van der Waals surface area contributed by atoms with Crippen LogP contribution < -0.4 is 5.73 Å². The maximum atomic E-state index is 12.7. The third kappa shape index (κ3) is 3.52. The molecule has 1 amide bonds. The van der Waals surface area contributed by atoms with Gasteiger partial charge in [-0.25, -0.2) is 0 Å². The molecule has 1 saturated carbocycles. The van der Waals surface area contributed by atoms with Gasteiger partial charge in [-0.15, -0.1) is 12.4 Å². The number of hydrogen-bond donors (Lipinski definition) is 1. The van der Waals surface area contributed by atoms with E-state index in [1.807, 2.05) is 18.2 Å². The number of carbonyl (C=O) groups is 1. The molecule has 1 aliphatic heterocycles. The SMILES string of the molecule is Cl.Nc1cccc(C(=O)N2CCCC2C2CCCCC2)c1. The highest BCUT2D eigenvalue weighted by Crippen LogP contribution is 2.35. The van der Waals surface area contributed by atoms with E-state index in [0.29, 0.717) is 11.7 Å². The second-order valence-corrected chi connectivity index (χ2v) is 6.23. The summed E-state index contributed by atoms with van der Waals surface area (Å²) in [5.74, 6) is 0.890. The number of nitrogens with two attached hydrogens (primary N) is 1. The van der Waals surface area contributed by atoms with Crippen LogP contribution in [0.4, 0.5) is 5.69 Å². The van der Waals surface area contributed by atoms with E-state index in [1.165, 1.54) is 38.5 Å². The standard InChI is InChI=1S/C17H24N2O.ClH/c18-15-9-4-8-14(12-15)17(20)19-11-5-10-16(19)13-6-2-1-3-7-13;/h4,8-9,12-13,16H,1-3,5-7,10-11,18H2;1H. The van der Waals surface area contributed by atoms with E-state index < -0.39 is 0 Å². The summed E-state index contributed by atoms with van der Waals surface area (Å²) in [6, 6.07) is 7.85. The predicted molar refractivity (Wildman–Crippen MR) is 88.7 cm³/mol. The van der Waals surface area contributed by atoms with Crippen molar-refractivity contribution in [1.82, 2.24) is 4.90 Å². The summed E-state index contributed by atoms with van der Waals surface area (Å²) < 4.78 is 0. The van der Waals surface area contributed by atoms with Crippen LogP contribution in [0.15, 0.2) is 24.3 Å². The summed E-state index contributed by atoms with van der Waals surface area (Å²) >= 11 is 0. The number of anilines is 1. The number of likely N-dealkylation sites (tertiary alicyclic amines) is 1. The topological polar surface area (TPSA) is 46.3 Å². The van der Waals surface area contributed by atoms with Crippen molar-refractivity contribution in [3.8, 4) is 0 Å². The van der Waals surface area contributed by atoms with Crippen molar-refractivity contribution < 1.29 is 4.79 Å². The Morgan fingerprint density at radius 2 is 1.86 bits per heavy atom. The fourth-order valence-electron chi connectivity index (χ4n) is 3.89. The molecule has 0 radical (unpaired) electrons. The summed E-state index contributed by atoms with van der Waals surface area (Å²) in [5.41, 5.74) is 7.22. The van der Waals surface area contributed by atoms with Crippen LogP contribution in [0.2, 0.25) is 0 Å². The van der Waals surface area contributed by atoms with Gasteiger partial charge in [-0.1, -0.05) is 25.3 Å². The van der Waals surface area contributed by atoms with Gasteiger partial charge in [0.15, 0.2) is 0 Å². The average Bonchev–Trinajstić information content (AvgIpc) is 2.97. The van der Waals surface area contributed by atoms with E-state index in [-0.39, 0.29) is 18.3 Å². The second-order valence-electron chi connectivity index (χ2n) is 6.23. The summed E-state index contributed by atoms with van der Waals surface area (Å²) in [5, 5.41) is 0. The van der Waals surface area contributed by atoms with Gasteiger partial charge in [0.25, 0.3) is 5.91 Å². The molecule has 4 heteroatoms. The van der Waals surface area contributed by atoms with Crippen LogP contribution in [0.5, 0.6) is 0 Å². The van der Waals surface area contributed by atoms with Crippen molar-refractivity contribution in [3.63, 3.8) is 0 Å². The zero-order valence-electron chi connectivity index (χ0n) is 12.5. The molecule has 1 atom stereocenters. The Hall–Kier alpha value is -1.22. The molecule has 1 unspecified atom stereocenters. The number of rotatable bonds is 2. The molecule has 0 aromatic heterocycles. The van der Waals surface area contributed by atoms with Gasteiger partial charge >= 0.3 is 0 Å². The lowest BCUT2D eigenvalue weighted by molar-refractivity contribution is 0.0661. The number of halogens is 1. The van der Waals surface area contributed by atoms with Crippen LogP contribution >= 0.6 is 12.4 Å². The van der Waals surface area contributed by atoms with Crippen molar-refractivity contribution in [1.29, 1.82) is 0 Å². The van der Waals surface area contributed by atoms with Crippen LogP contribution in [-0.2, 0) is 0 Å². The van der Waals surface area contributed by atoms with Gasteiger partial charge in [-0.05, 0) is 49.8 Å². The molecule has 2 N–H and O–H groups in total. The van der Waals surface area contributed by atoms with E-state index in [4.69, 9.17) is 5.73 Å². The van der Waals surface area contributed by atoms with Crippen molar-refractivity contribution in [3.05, 3.63) is 29.8 Å². The zero-order valence-corrected chi connectivity index (χ0v) is 13.3. The molecule has 3 nitrogen and oxygen atoms in total. The Kier molecular flexibility index (Phi) is 5.51. The third-order valence-electron chi connectivity index (χ3n) is 4.89. The molecule has 1 aliphatic carbocycles. The Labute approximate surface area is 133 Å². The lowest BCUT2D eigenvalue weighted by atomic mass is 9.83. The summed E-state index contributed by atoms with van der Waals surface area (Å²) in [4.78, 5) is 14.8. The van der Waals surface area contributed by atoms with E-state index in [0.717, 1.165) is 24.4 Å². The maximum Gasteiger partial charge on any atom is 0.254 e. The van der Waals surface area contributed by atoms with Gasteiger partial charge in [0, 0.05) is 23.8 Å². The highest BCUT2D eigenvalue weighted by Gasteiger charge is 2.35. The fraction of sp³-hybridized carbons (Fsp3) is 0.588. The first-order valence-corrected chi connectivity index (χ1v) is 7.92. The Balaban J connectivity index is 0.00000161. The molecule has 21 heavy (non-hydrogen) atoms. The van der Waals surface area contributed by atoms with Gasteiger partial charge < -0.3 is 10.6 Å². The van der Waals surface area contributed by atoms with Crippen LogP contribution in [0.3, 0.4) is 0 Å². The first-order valence-electron chi connectivity index (χ1n) is 7.92. The van der Waals surface area contributed by atoms with E-state index in [9.17, 15) is 4.79 Å². The third-order valence-corrected chi connectivity index (χ3v) is 4.89. The Bertz CT molecular complexity index is 485. The van der Waals surface area contributed by atoms with Crippen molar-refractivity contribution in [2.24, 2.45) is 5.92 Å². The monoisotopic (exact) mass is 308 g/mol. The molecule has 1 saturated heterocycles. The lowest BCUT2D eigenvalue weighted by Gasteiger charge is -2.34. The van der Waals surface area contributed by atoms with Gasteiger partial charge in [0.05, 0.1) is 0 Å². The molecular formula is C17H25ClN2O. The maximum absolute atomic E-state index is 12.7. The molecule has 1 heterocycles. The van der Waals surface area contributed by atoms with Crippen LogP contribution in [-0.4, -0.2) is 23.4 Å². The second kappa shape index (κ2) is 7.17. The summed E-state index contributed by atoms with van der Waals surface area (Å²) in [6.45, 7) is 0.912. The molecule has 1 aromatic rings. The lowest BCUT2D eigenvalue weighted by Crippen LogP contribution is -2.40. The van der Waals surface area contributed by atoms with Crippen molar-refractivity contribution >= 4 is 24.0 Å². The minimum absolute atomic E-state index is 0. The predicted octanol–water partition coefficient (Wildman–Crippen LogP) is 3.88. The minimum atomic E-state index is 0. The number of benzene rings is 1. The van der Waals surface area contributed by atoms with Gasteiger partial charge in [-0.3, -0.25) is 4.79 Å². The molecular weight excluding hydrogens is 284 g/mol. The molecule has 0 spiro atoms. The number of amides is 1. The van der Waals surface area contributed by atoms with Crippen molar-refractivity contribution in [2.75, 3.05) is 12.3 Å². The van der Waals surface area contributed by atoms with Crippen LogP contribution in [0.25, 0.3) is 0 Å².